The van der Waals surface area contributed by atoms with E-state index in [1.165, 1.54) is 93.6 Å². The van der Waals surface area contributed by atoms with Crippen LogP contribution in [-0.2, 0) is 19.9 Å². The second-order valence-corrected chi connectivity index (χ2v) is 11.5. The highest BCUT2D eigenvalue weighted by atomic mass is 16.5. The van der Waals surface area contributed by atoms with Crippen LogP contribution >= 0.6 is 0 Å². The lowest BCUT2D eigenvalue weighted by molar-refractivity contribution is -0.659. The van der Waals surface area contributed by atoms with Gasteiger partial charge in [0.25, 0.3) is 0 Å². The van der Waals surface area contributed by atoms with Crippen molar-refractivity contribution in [1.82, 2.24) is 0 Å². The molecule has 0 unspecified atom stereocenters. The van der Waals surface area contributed by atoms with Gasteiger partial charge in [-0.15, -0.1) is 0 Å². The van der Waals surface area contributed by atoms with E-state index in [0.29, 0.717) is 11.3 Å². The molecule has 2 nitrogen and oxygen atoms in total. The second-order valence-electron chi connectivity index (χ2n) is 11.5. The summed E-state index contributed by atoms with van der Waals surface area (Å²) in [4.78, 5) is 0. The Morgan fingerprint density at radius 2 is 1.80 bits per heavy atom. The molecular formula is C33H36NO+. The standard InChI is InChI=1S/C33H36NO/c1-5-33(6-2)15-12-21(13-16-33)24-18-23-14-17-34(4)31-28-20(3)25-9-7-8-22-10-11-26(29(22)25)32(28)35-27(19-24)30(23)31/h7-9,14,17-19,21H,5-6,10-13,15-16H2,1-4H3/q+1. The van der Waals surface area contributed by atoms with Crippen molar-refractivity contribution in [2.75, 3.05) is 0 Å². The summed E-state index contributed by atoms with van der Waals surface area (Å²) in [7, 11) is 2.19. The molecule has 4 aromatic rings. The fraction of sp³-hybridized carbons (Fsp3) is 0.424. The second kappa shape index (κ2) is 7.56. The van der Waals surface area contributed by atoms with Crippen LogP contribution in [0.3, 0.4) is 0 Å². The van der Waals surface area contributed by atoms with Gasteiger partial charge in [-0.25, -0.2) is 4.57 Å². The topological polar surface area (TPSA) is 13.1 Å². The van der Waals surface area contributed by atoms with Gasteiger partial charge < -0.3 is 4.74 Å². The van der Waals surface area contributed by atoms with Crippen LogP contribution in [-0.4, -0.2) is 0 Å². The van der Waals surface area contributed by atoms with E-state index in [0.717, 1.165) is 24.3 Å². The molecule has 7 rings (SSSR count). The molecule has 3 aromatic carbocycles. The van der Waals surface area contributed by atoms with Crippen molar-refractivity contribution >= 4 is 21.5 Å². The molecule has 178 valence electrons. The molecule has 0 N–H and O–H groups in total. The first-order valence-electron chi connectivity index (χ1n) is 13.7. The fourth-order valence-electron chi connectivity index (χ4n) is 7.68. The summed E-state index contributed by atoms with van der Waals surface area (Å²) in [6.45, 7) is 7.06. The first-order valence-corrected chi connectivity index (χ1v) is 13.7. The number of pyridine rings is 1. The van der Waals surface area contributed by atoms with Gasteiger partial charge in [-0.3, -0.25) is 0 Å². The number of rotatable bonds is 3. The van der Waals surface area contributed by atoms with Gasteiger partial charge in [-0.2, -0.15) is 0 Å². The maximum atomic E-state index is 6.95. The third-order valence-corrected chi connectivity index (χ3v) is 10.1. The molecule has 0 amide bonds. The van der Waals surface area contributed by atoms with Gasteiger partial charge in [0, 0.05) is 11.6 Å². The Morgan fingerprint density at radius 3 is 2.57 bits per heavy atom. The Balaban J connectivity index is 1.42. The molecular weight excluding hydrogens is 426 g/mol. The summed E-state index contributed by atoms with van der Waals surface area (Å²) < 4.78 is 9.26. The normalized spacial score (nSPS) is 18.2. The summed E-state index contributed by atoms with van der Waals surface area (Å²) in [6.07, 6.45) is 12.4. The molecule has 0 atom stereocenters. The lowest BCUT2D eigenvalue weighted by atomic mass is 9.66. The molecule has 0 radical (unpaired) electrons. The van der Waals surface area contributed by atoms with Gasteiger partial charge in [0.05, 0.1) is 10.9 Å². The van der Waals surface area contributed by atoms with Crippen LogP contribution in [0.25, 0.3) is 32.8 Å². The molecule has 0 bridgehead atoms. The van der Waals surface area contributed by atoms with E-state index in [1.807, 2.05) is 0 Å². The summed E-state index contributed by atoms with van der Waals surface area (Å²) in [5.41, 5.74) is 8.91. The minimum atomic E-state index is 0.568. The Morgan fingerprint density at radius 1 is 1.00 bits per heavy atom. The molecule has 1 aliphatic heterocycles. The molecule has 1 fully saturated rings. The van der Waals surface area contributed by atoms with E-state index in [2.05, 4.69) is 75.0 Å². The van der Waals surface area contributed by atoms with Gasteiger partial charge in [-0.1, -0.05) is 51.0 Å². The van der Waals surface area contributed by atoms with Gasteiger partial charge in [0.1, 0.15) is 18.5 Å². The minimum Gasteiger partial charge on any atom is -0.455 e. The lowest BCUT2D eigenvalue weighted by Gasteiger charge is -2.39. The zero-order chi connectivity index (χ0) is 23.9. The van der Waals surface area contributed by atoms with Crippen molar-refractivity contribution in [2.24, 2.45) is 12.5 Å². The van der Waals surface area contributed by atoms with Crippen LogP contribution in [0.5, 0.6) is 11.5 Å². The summed E-state index contributed by atoms with van der Waals surface area (Å²) in [5.74, 6) is 2.83. The average molecular weight is 463 g/mol. The van der Waals surface area contributed by atoms with E-state index >= 15 is 0 Å². The number of ether oxygens (including phenoxy) is 1. The first kappa shape index (κ1) is 21.4. The number of aromatic nitrogens is 1. The molecule has 1 aromatic heterocycles. The molecule has 0 saturated heterocycles. The van der Waals surface area contributed by atoms with Crippen LogP contribution in [0.1, 0.15) is 80.5 Å². The Kier molecular flexibility index (Phi) is 4.63. The highest BCUT2D eigenvalue weighted by Crippen LogP contribution is 2.54. The molecule has 2 aliphatic carbocycles. The maximum absolute atomic E-state index is 6.95. The summed E-state index contributed by atoms with van der Waals surface area (Å²) in [5, 5.41) is 5.44. The number of aryl methyl sites for hydroxylation is 4. The van der Waals surface area contributed by atoms with E-state index in [-0.39, 0.29) is 0 Å². The number of hydrogen-bond donors (Lipinski definition) is 0. The van der Waals surface area contributed by atoms with Crippen molar-refractivity contribution in [3.8, 4) is 22.8 Å². The quantitative estimate of drug-likeness (QED) is 0.245. The van der Waals surface area contributed by atoms with Crippen LogP contribution in [0.15, 0.2) is 42.6 Å². The summed E-state index contributed by atoms with van der Waals surface area (Å²) in [6, 6.07) is 14.0. The van der Waals surface area contributed by atoms with Crippen molar-refractivity contribution in [3.05, 3.63) is 64.8 Å². The molecule has 3 aliphatic rings. The summed E-state index contributed by atoms with van der Waals surface area (Å²) >= 11 is 0. The number of fused-ring (bicyclic) bond motifs is 3. The Bertz CT molecular complexity index is 1510. The number of benzene rings is 3. The monoisotopic (exact) mass is 462 g/mol. The third-order valence-electron chi connectivity index (χ3n) is 10.1. The predicted molar refractivity (Wildman–Crippen MR) is 145 cm³/mol. The van der Waals surface area contributed by atoms with Crippen molar-refractivity contribution in [1.29, 1.82) is 0 Å². The van der Waals surface area contributed by atoms with Crippen LogP contribution in [0.2, 0.25) is 0 Å². The Labute approximate surface area is 208 Å². The van der Waals surface area contributed by atoms with E-state index in [4.69, 9.17) is 4.74 Å². The average Bonchev–Trinajstić information content (AvgIpc) is 3.33. The van der Waals surface area contributed by atoms with Gasteiger partial charge in [-0.05, 0) is 95.7 Å². The Hall–Kier alpha value is -2.87. The van der Waals surface area contributed by atoms with Crippen molar-refractivity contribution in [3.63, 3.8) is 0 Å². The smallest absolute Gasteiger partial charge is 0.228 e. The lowest BCUT2D eigenvalue weighted by Crippen LogP contribution is -2.32. The SMILES string of the molecule is CCC1(CC)CCC(c2cc3c4c([n+](C)ccc4c2)-c2c(c4c5c(cccc5c2C)CC4)O3)CC1. The number of hydrogen-bond acceptors (Lipinski definition) is 1. The molecule has 1 saturated carbocycles. The van der Waals surface area contributed by atoms with Gasteiger partial charge in [0.2, 0.25) is 5.69 Å². The highest BCUT2D eigenvalue weighted by Gasteiger charge is 2.36. The first-order chi connectivity index (χ1) is 17.0. The van der Waals surface area contributed by atoms with E-state index in [1.54, 1.807) is 0 Å². The molecule has 35 heavy (non-hydrogen) atoms. The van der Waals surface area contributed by atoms with Gasteiger partial charge in [0.15, 0.2) is 6.20 Å². The van der Waals surface area contributed by atoms with Gasteiger partial charge >= 0.3 is 0 Å². The van der Waals surface area contributed by atoms with Crippen molar-refractivity contribution in [2.45, 2.75) is 78.1 Å². The fourth-order valence-corrected chi connectivity index (χ4v) is 7.68. The van der Waals surface area contributed by atoms with E-state index in [9.17, 15) is 0 Å². The van der Waals surface area contributed by atoms with Crippen LogP contribution in [0.4, 0.5) is 0 Å². The number of nitrogens with zero attached hydrogens (tertiary/aromatic N) is 1. The van der Waals surface area contributed by atoms with Crippen LogP contribution < -0.4 is 9.30 Å². The molecule has 2 heterocycles. The highest BCUT2D eigenvalue weighted by molar-refractivity contribution is 6.07. The molecule has 2 heteroatoms. The van der Waals surface area contributed by atoms with Crippen LogP contribution in [0, 0.1) is 12.3 Å². The predicted octanol–water partition coefficient (Wildman–Crippen LogP) is 8.46. The zero-order valence-electron chi connectivity index (χ0n) is 21.6. The third kappa shape index (κ3) is 2.92. The van der Waals surface area contributed by atoms with Crippen molar-refractivity contribution < 1.29 is 9.30 Å². The minimum absolute atomic E-state index is 0.568. The van der Waals surface area contributed by atoms with E-state index < -0.39 is 0 Å². The maximum Gasteiger partial charge on any atom is 0.228 e. The largest absolute Gasteiger partial charge is 0.455 e. The molecule has 0 spiro atoms. The zero-order valence-corrected chi connectivity index (χ0v) is 21.6.